The molecular formula is C34H28N2O6. The van der Waals surface area contributed by atoms with Crippen LogP contribution in [-0.4, -0.2) is 20.2 Å². The lowest BCUT2D eigenvalue weighted by Gasteiger charge is -2.27. The first-order valence-corrected chi connectivity index (χ1v) is 13.1. The number of fused-ring (bicyclic) bond motifs is 1. The lowest BCUT2D eigenvalue weighted by molar-refractivity contribution is -0.128. The highest BCUT2D eigenvalue weighted by Gasteiger charge is 2.31. The molecule has 0 amide bonds. The normalized spacial score (nSPS) is 14.0. The van der Waals surface area contributed by atoms with Crippen molar-refractivity contribution in [3.05, 3.63) is 131 Å². The molecule has 42 heavy (non-hydrogen) atoms. The number of hydrogen-bond donors (Lipinski definition) is 1. The van der Waals surface area contributed by atoms with Crippen LogP contribution in [0.2, 0.25) is 0 Å². The molecule has 1 aliphatic heterocycles. The average Bonchev–Trinajstić information content (AvgIpc) is 3.02. The number of rotatable bonds is 9. The molecule has 0 aliphatic carbocycles. The van der Waals surface area contributed by atoms with Gasteiger partial charge in [-0.3, -0.25) is 0 Å². The van der Waals surface area contributed by atoms with E-state index < -0.39 is 11.9 Å². The molecule has 1 atom stereocenters. The second-order valence-electron chi connectivity index (χ2n) is 9.34. The summed E-state index contributed by atoms with van der Waals surface area (Å²) in [6.07, 6.45) is 2.98. The maximum atomic E-state index is 12.5. The first-order chi connectivity index (χ1) is 20.5. The highest BCUT2D eigenvalue weighted by Crippen LogP contribution is 2.45. The molecular weight excluding hydrogens is 532 g/mol. The fraction of sp³-hybridized carbons (Fsp3) is 0.118. The van der Waals surface area contributed by atoms with Crippen molar-refractivity contribution in [2.45, 2.75) is 12.5 Å². The van der Waals surface area contributed by atoms with Gasteiger partial charge < -0.3 is 29.4 Å². The monoisotopic (exact) mass is 560 g/mol. The quantitative estimate of drug-likeness (QED) is 0.148. The summed E-state index contributed by atoms with van der Waals surface area (Å²) < 4.78 is 28.1. The summed E-state index contributed by atoms with van der Waals surface area (Å²) >= 11 is 0. The predicted molar refractivity (Wildman–Crippen MR) is 157 cm³/mol. The van der Waals surface area contributed by atoms with E-state index in [0.717, 1.165) is 22.4 Å². The first kappa shape index (κ1) is 27.9. The molecule has 1 heterocycles. The van der Waals surface area contributed by atoms with E-state index in [9.17, 15) is 10.1 Å². The van der Waals surface area contributed by atoms with E-state index in [1.54, 1.807) is 50.6 Å². The van der Waals surface area contributed by atoms with Crippen molar-refractivity contribution in [2.75, 3.05) is 14.2 Å². The standard InChI is InChI=1S/C34H28N2O6/c1-38-25-12-8-22(9-13-25)10-17-32(37)41-26-14-15-27-30(19-26)42-34(36)28(20-35)33(27)24-11-16-29(31(18-24)39-2)40-21-23-6-4-3-5-7-23/h3-19,33H,21,36H2,1-2H3/b17-10+. The van der Waals surface area contributed by atoms with Gasteiger partial charge in [-0.05, 0) is 53.1 Å². The van der Waals surface area contributed by atoms with Gasteiger partial charge in [0.25, 0.3) is 0 Å². The Kier molecular flexibility index (Phi) is 8.40. The third-order valence-corrected chi connectivity index (χ3v) is 6.69. The minimum atomic E-state index is -0.560. The average molecular weight is 561 g/mol. The molecule has 5 rings (SSSR count). The molecule has 4 aromatic carbocycles. The van der Waals surface area contributed by atoms with E-state index in [0.29, 0.717) is 29.4 Å². The molecule has 2 N–H and O–H groups in total. The SMILES string of the molecule is COc1ccc(/C=C/C(=O)Oc2ccc3c(c2)OC(N)=C(C#N)C3c2ccc(OCc3ccccc3)c(OC)c2)cc1. The molecule has 4 aromatic rings. The number of nitriles is 1. The zero-order valence-electron chi connectivity index (χ0n) is 23.1. The maximum Gasteiger partial charge on any atom is 0.336 e. The van der Waals surface area contributed by atoms with E-state index in [1.807, 2.05) is 60.7 Å². The Morgan fingerprint density at radius 3 is 2.40 bits per heavy atom. The molecule has 1 aliphatic rings. The fourth-order valence-corrected chi connectivity index (χ4v) is 4.59. The van der Waals surface area contributed by atoms with Crippen molar-refractivity contribution in [1.82, 2.24) is 0 Å². The van der Waals surface area contributed by atoms with Crippen LogP contribution < -0.4 is 29.4 Å². The third-order valence-electron chi connectivity index (χ3n) is 6.69. The number of ether oxygens (including phenoxy) is 5. The van der Waals surface area contributed by atoms with Crippen LogP contribution in [0.5, 0.6) is 28.7 Å². The van der Waals surface area contributed by atoms with Gasteiger partial charge in [-0.15, -0.1) is 0 Å². The van der Waals surface area contributed by atoms with Crippen LogP contribution in [0.15, 0.2) is 109 Å². The molecule has 0 fully saturated rings. The van der Waals surface area contributed by atoms with E-state index in [2.05, 4.69) is 6.07 Å². The Labute approximate surface area is 243 Å². The Morgan fingerprint density at radius 2 is 1.69 bits per heavy atom. The van der Waals surface area contributed by atoms with E-state index in [-0.39, 0.29) is 17.2 Å². The number of carbonyl (C=O) groups excluding carboxylic acids is 1. The molecule has 0 saturated heterocycles. The molecule has 210 valence electrons. The van der Waals surface area contributed by atoms with Gasteiger partial charge in [-0.1, -0.05) is 54.6 Å². The van der Waals surface area contributed by atoms with Crippen molar-refractivity contribution >= 4 is 12.0 Å². The number of methoxy groups -OCH3 is 2. The van der Waals surface area contributed by atoms with Crippen LogP contribution in [0.25, 0.3) is 6.08 Å². The summed E-state index contributed by atoms with van der Waals surface area (Å²) in [5, 5.41) is 9.96. The predicted octanol–water partition coefficient (Wildman–Crippen LogP) is 6.12. The zero-order valence-corrected chi connectivity index (χ0v) is 23.1. The number of benzene rings is 4. The van der Waals surface area contributed by atoms with Gasteiger partial charge in [0, 0.05) is 17.7 Å². The van der Waals surface area contributed by atoms with Gasteiger partial charge >= 0.3 is 5.97 Å². The highest BCUT2D eigenvalue weighted by atomic mass is 16.5. The van der Waals surface area contributed by atoms with Crippen LogP contribution in [0.3, 0.4) is 0 Å². The number of allylic oxidation sites excluding steroid dienone is 1. The molecule has 0 saturated carbocycles. The lowest BCUT2D eigenvalue weighted by atomic mass is 9.83. The van der Waals surface area contributed by atoms with Crippen molar-refractivity contribution in [3.63, 3.8) is 0 Å². The summed E-state index contributed by atoms with van der Waals surface area (Å²) in [5.74, 6) is 1.34. The van der Waals surface area contributed by atoms with Crippen molar-refractivity contribution < 1.29 is 28.5 Å². The van der Waals surface area contributed by atoms with Gasteiger partial charge in [-0.25, -0.2) is 4.79 Å². The fourth-order valence-electron chi connectivity index (χ4n) is 4.59. The smallest absolute Gasteiger partial charge is 0.336 e. The van der Waals surface area contributed by atoms with Crippen LogP contribution in [0.1, 0.15) is 28.2 Å². The minimum absolute atomic E-state index is 0.0266. The molecule has 0 spiro atoms. The summed E-state index contributed by atoms with van der Waals surface area (Å²) in [5.41, 5.74) is 9.73. The third kappa shape index (κ3) is 6.21. The number of carbonyl (C=O) groups is 1. The number of nitrogens with two attached hydrogens (primary N) is 1. The van der Waals surface area contributed by atoms with E-state index in [1.165, 1.54) is 6.08 Å². The van der Waals surface area contributed by atoms with Gasteiger partial charge in [-0.2, -0.15) is 5.26 Å². The molecule has 1 unspecified atom stereocenters. The number of esters is 1. The van der Waals surface area contributed by atoms with Gasteiger partial charge in [0.2, 0.25) is 5.88 Å². The summed E-state index contributed by atoms with van der Waals surface area (Å²) in [7, 11) is 3.15. The summed E-state index contributed by atoms with van der Waals surface area (Å²) in [6, 6.07) is 29.7. The summed E-state index contributed by atoms with van der Waals surface area (Å²) in [6.45, 7) is 0.379. The number of nitrogens with zero attached hydrogens (tertiary/aromatic N) is 1. The van der Waals surface area contributed by atoms with Gasteiger partial charge in [0.05, 0.1) is 20.1 Å². The lowest BCUT2D eigenvalue weighted by Crippen LogP contribution is -2.21. The molecule has 0 aromatic heterocycles. The van der Waals surface area contributed by atoms with E-state index >= 15 is 0 Å². The maximum absolute atomic E-state index is 12.5. The minimum Gasteiger partial charge on any atom is -0.497 e. The summed E-state index contributed by atoms with van der Waals surface area (Å²) in [4.78, 5) is 12.5. The van der Waals surface area contributed by atoms with Gasteiger partial charge in [0.15, 0.2) is 11.5 Å². The largest absolute Gasteiger partial charge is 0.497 e. The Bertz CT molecular complexity index is 1690. The Hall–Kier alpha value is -5.68. The topological polar surface area (TPSA) is 113 Å². The molecule has 0 bridgehead atoms. The van der Waals surface area contributed by atoms with Crippen molar-refractivity contribution in [2.24, 2.45) is 5.73 Å². The molecule has 8 nitrogen and oxygen atoms in total. The van der Waals surface area contributed by atoms with Crippen LogP contribution >= 0.6 is 0 Å². The van der Waals surface area contributed by atoms with Crippen molar-refractivity contribution in [3.8, 4) is 34.8 Å². The Balaban J connectivity index is 1.37. The number of hydrogen-bond acceptors (Lipinski definition) is 8. The van der Waals surface area contributed by atoms with E-state index in [4.69, 9.17) is 29.4 Å². The van der Waals surface area contributed by atoms with Crippen molar-refractivity contribution in [1.29, 1.82) is 5.26 Å². The second kappa shape index (κ2) is 12.7. The van der Waals surface area contributed by atoms with Crippen LogP contribution in [-0.2, 0) is 11.4 Å². The molecule has 8 heteroatoms. The van der Waals surface area contributed by atoms with Crippen LogP contribution in [0.4, 0.5) is 0 Å². The van der Waals surface area contributed by atoms with Crippen LogP contribution in [0, 0.1) is 11.3 Å². The van der Waals surface area contributed by atoms with Gasteiger partial charge in [0.1, 0.15) is 35.5 Å². The zero-order chi connectivity index (χ0) is 29.5. The highest BCUT2D eigenvalue weighted by molar-refractivity contribution is 5.88. The first-order valence-electron chi connectivity index (χ1n) is 13.1. The Morgan fingerprint density at radius 1 is 0.929 bits per heavy atom. The molecule has 0 radical (unpaired) electrons. The second-order valence-corrected chi connectivity index (χ2v) is 9.34.